The molecule has 0 heterocycles. The molecule has 0 radical (unpaired) electrons. The number of amides is 1. The first-order valence-corrected chi connectivity index (χ1v) is 7.21. The predicted octanol–water partition coefficient (Wildman–Crippen LogP) is 4.31. The quantitative estimate of drug-likeness (QED) is 0.706. The Morgan fingerprint density at radius 3 is 2.09 bits per heavy atom. The zero-order chi connectivity index (χ0) is 16.1. The predicted molar refractivity (Wildman–Crippen MR) is 91.8 cm³/mol. The molecule has 0 aliphatic heterocycles. The molecular weight excluding hydrogens is 288 g/mol. The molecule has 0 fully saturated rings. The summed E-state index contributed by atoms with van der Waals surface area (Å²) in [7, 11) is 0. The van der Waals surface area contributed by atoms with Gasteiger partial charge >= 0.3 is 0 Å². The fourth-order valence-corrected chi connectivity index (χ4v) is 2.13. The van der Waals surface area contributed by atoms with Crippen LogP contribution in [0.2, 0.25) is 0 Å². The topological polar surface area (TPSA) is 64.4 Å². The Morgan fingerprint density at radius 2 is 1.39 bits per heavy atom. The van der Waals surface area contributed by atoms with Crippen LogP contribution in [0.3, 0.4) is 0 Å². The number of nitrogens with one attached hydrogen (secondary N) is 1. The summed E-state index contributed by atoms with van der Waals surface area (Å²) in [6.45, 7) is 0. The van der Waals surface area contributed by atoms with Crippen LogP contribution in [0.4, 0.5) is 11.4 Å². The van der Waals surface area contributed by atoms with Crippen LogP contribution in [0.15, 0.2) is 78.9 Å². The first-order chi connectivity index (χ1) is 11.2. The number of nitrogens with two attached hydrogens (primary N) is 1. The van der Waals surface area contributed by atoms with Crippen LogP contribution in [0, 0.1) is 0 Å². The lowest BCUT2D eigenvalue weighted by atomic mass is 10.1. The summed E-state index contributed by atoms with van der Waals surface area (Å²) in [5.74, 6) is 1.23. The molecule has 0 bridgehead atoms. The van der Waals surface area contributed by atoms with Gasteiger partial charge in [-0.1, -0.05) is 30.3 Å². The minimum Gasteiger partial charge on any atom is -0.457 e. The van der Waals surface area contributed by atoms with Crippen molar-refractivity contribution in [1.29, 1.82) is 0 Å². The van der Waals surface area contributed by atoms with Crippen molar-refractivity contribution < 1.29 is 9.53 Å². The van der Waals surface area contributed by atoms with Gasteiger partial charge in [-0.05, 0) is 48.5 Å². The van der Waals surface area contributed by atoms with Crippen molar-refractivity contribution >= 4 is 17.3 Å². The SMILES string of the molecule is Nc1ccccc1C(=O)Nc1ccc(Oc2ccccc2)cc1. The summed E-state index contributed by atoms with van der Waals surface area (Å²) in [6, 6.07) is 23.7. The van der Waals surface area contributed by atoms with Gasteiger partial charge in [-0.15, -0.1) is 0 Å². The number of benzene rings is 3. The zero-order valence-electron chi connectivity index (χ0n) is 12.4. The minimum atomic E-state index is -0.236. The van der Waals surface area contributed by atoms with Crippen LogP contribution in [0.25, 0.3) is 0 Å². The van der Waals surface area contributed by atoms with E-state index in [9.17, 15) is 4.79 Å². The van der Waals surface area contributed by atoms with E-state index in [-0.39, 0.29) is 5.91 Å². The molecule has 0 aromatic heterocycles. The number of hydrogen-bond acceptors (Lipinski definition) is 3. The van der Waals surface area contributed by atoms with Gasteiger partial charge in [-0.25, -0.2) is 0 Å². The van der Waals surface area contributed by atoms with Gasteiger partial charge in [-0.3, -0.25) is 4.79 Å². The van der Waals surface area contributed by atoms with E-state index in [2.05, 4.69) is 5.32 Å². The lowest BCUT2D eigenvalue weighted by Crippen LogP contribution is -2.13. The third-order valence-electron chi connectivity index (χ3n) is 3.30. The summed E-state index contributed by atoms with van der Waals surface area (Å²) in [6.07, 6.45) is 0. The largest absolute Gasteiger partial charge is 0.457 e. The number of nitrogen functional groups attached to an aromatic ring is 1. The standard InChI is InChI=1S/C19H16N2O2/c20-18-9-5-4-8-17(18)19(22)21-14-10-12-16(13-11-14)23-15-6-2-1-3-7-15/h1-13H,20H2,(H,21,22). The van der Waals surface area contributed by atoms with Crippen molar-refractivity contribution in [3.8, 4) is 11.5 Å². The molecule has 3 aromatic carbocycles. The Bertz CT molecular complexity index is 799. The van der Waals surface area contributed by atoms with Crippen molar-refractivity contribution in [2.45, 2.75) is 0 Å². The van der Waals surface area contributed by atoms with Crippen LogP contribution in [-0.2, 0) is 0 Å². The third-order valence-corrected chi connectivity index (χ3v) is 3.30. The number of ether oxygens (including phenoxy) is 1. The van der Waals surface area contributed by atoms with Gasteiger partial charge in [-0.2, -0.15) is 0 Å². The first-order valence-electron chi connectivity index (χ1n) is 7.21. The van der Waals surface area contributed by atoms with Gasteiger partial charge in [0.15, 0.2) is 0 Å². The number of carbonyl (C=O) groups is 1. The molecule has 23 heavy (non-hydrogen) atoms. The van der Waals surface area contributed by atoms with E-state index in [1.54, 1.807) is 48.5 Å². The summed E-state index contributed by atoms with van der Waals surface area (Å²) in [4.78, 5) is 12.2. The highest BCUT2D eigenvalue weighted by Crippen LogP contribution is 2.23. The lowest BCUT2D eigenvalue weighted by Gasteiger charge is -2.09. The smallest absolute Gasteiger partial charge is 0.257 e. The fraction of sp³-hybridized carbons (Fsp3) is 0. The summed E-state index contributed by atoms with van der Waals surface area (Å²) >= 11 is 0. The molecule has 0 saturated heterocycles. The molecule has 3 N–H and O–H groups in total. The Morgan fingerprint density at radius 1 is 0.783 bits per heavy atom. The van der Waals surface area contributed by atoms with Gasteiger partial charge in [0.25, 0.3) is 5.91 Å². The van der Waals surface area contributed by atoms with E-state index in [1.165, 1.54) is 0 Å². The third kappa shape index (κ3) is 3.68. The van der Waals surface area contributed by atoms with Crippen molar-refractivity contribution in [2.24, 2.45) is 0 Å². The molecule has 3 rings (SSSR count). The van der Waals surface area contributed by atoms with Gasteiger partial charge in [0, 0.05) is 11.4 Å². The number of hydrogen-bond donors (Lipinski definition) is 2. The normalized spacial score (nSPS) is 10.1. The fourth-order valence-electron chi connectivity index (χ4n) is 2.13. The second kappa shape index (κ2) is 6.66. The first kappa shape index (κ1) is 14.7. The van der Waals surface area contributed by atoms with E-state index in [1.807, 2.05) is 30.3 Å². The maximum absolute atomic E-state index is 12.2. The maximum atomic E-state index is 12.2. The van der Waals surface area contributed by atoms with Gasteiger partial charge in [0.2, 0.25) is 0 Å². The Kier molecular flexibility index (Phi) is 4.25. The van der Waals surface area contributed by atoms with Gasteiger partial charge in [0.05, 0.1) is 5.56 Å². The minimum absolute atomic E-state index is 0.236. The van der Waals surface area contributed by atoms with Crippen LogP contribution < -0.4 is 15.8 Å². The van der Waals surface area contributed by atoms with E-state index in [0.29, 0.717) is 22.7 Å². The molecule has 0 aliphatic rings. The second-order valence-electron chi connectivity index (χ2n) is 4.98. The molecule has 0 spiro atoms. The zero-order valence-corrected chi connectivity index (χ0v) is 12.4. The Hall–Kier alpha value is -3.27. The van der Waals surface area contributed by atoms with Crippen molar-refractivity contribution in [3.05, 3.63) is 84.4 Å². The second-order valence-corrected chi connectivity index (χ2v) is 4.98. The molecule has 4 heteroatoms. The van der Waals surface area contributed by atoms with E-state index in [0.717, 1.165) is 5.75 Å². The Labute approximate surface area is 134 Å². The molecule has 114 valence electrons. The van der Waals surface area contributed by atoms with Crippen LogP contribution in [-0.4, -0.2) is 5.91 Å². The number of para-hydroxylation sites is 2. The number of carbonyl (C=O) groups excluding carboxylic acids is 1. The van der Waals surface area contributed by atoms with Crippen LogP contribution >= 0.6 is 0 Å². The number of anilines is 2. The maximum Gasteiger partial charge on any atom is 0.257 e. The average Bonchev–Trinajstić information content (AvgIpc) is 2.58. The van der Waals surface area contributed by atoms with E-state index in [4.69, 9.17) is 10.5 Å². The molecular formula is C19H16N2O2. The lowest BCUT2D eigenvalue weighted by molar-refractivity contribution is 0.102. The van der Waals surface area contributed by atoms with E-state index < -0.39 is 0 Å². The molecule has 4 nitrogen and oxygen atoms in total. The van der Waals surface area contributed by atoms with E-state index >= 15 is 0 Å². The highest BCUT2D eigenvalue weighted by atomic mass is 16.5. The molecule has 0 aliphatic carbocycles. The summed E-state index contributed by atoms with van der Waals surface area (Å²) in [5, 5.41) is 2.82. The molecule has 3 aromatic rings. The summed E-state index contributed by atoms with van der Waals surface area (Å²) in [5.41, 5.74) is 7.39. The molecule has 1 amide bonds. The highest BCUT2D eigenvalue weighted by Gasteiger charge is 2.09. The highest BCUT2D eigenvalue weighted by molar-refractivity contribution is 6.07. The van der Waals surface area contributed by atoms with Crippen molar-refractivity contribution in [1.82, 2.24) is 0 Å². The van der Waals surface area contributed by atoms with Gasteiger partial charge in [0.1, 0.15) is 11.5 Å². The molecule has 0 unspecified atom stereocenters. The monoisotopic (exact) mass is 304 g/mol. The average molecular weight is 304 g/mol. The van der Waals surface area contributed by atoms with Crippen LogP contribution in [0.1, 0.15) is 10.4 Å². The van der Waals surface area contributed by atoms with Crippen molar-refractivity contribution in [3.63, 3.8) is 0 Å². The van der Waals surface area contributed by atoms with Crippen LogP contribution in [0.5, 0.6) is 11.5 Å². The summed E-state index contributed by atoms with van der Waals surface area (Å²) < 4.78 is 5.71. The molecule has 0 atom stereocenters. The molecule has 0 saturated carbocycles. The van der Waals surface area contributed by atoms with Crippen molar-refractivity contribution in [2.75, 3.05) is 11.1 Å². The number of rotatable bonds is 4. The Balaban J connectivity index is 1.68. The van der Waals surface area contributed by atoms with Gasteiger partial charge < -0.3 is 15.8 Å².